The quantitative estimate of drug-likeness (QED) is 0.895. The number of halogens is 3. The Morgan fingerprint density at radius 2 is 1.87 bits per heavy atom. The van der Waals surface area contributed by atoms with E-state index in [0.717, 1.165) is 10.5 Å². The Morgan fingerprint density at radius 1 is 1.26 bits per heavy atom. The number of carbonyl (C=O) groups is 2. The Hall–Kier alpha value is -2.25. The third kappa shape index (κ3) is 3.94. The van der Waals surface area contributed by atoms with Crippen LogP contribution in [0.3, 0.4) is 0 Å². The number of likely N-dealkylation sites (tertiary alicyclic amines) is 1. The van der Waals surface area contributed by atoms with Crippen LogP contribution in [0.1, 0.15) is 18.5 Å². The summed E-state index contributed by atoms with van der Waals surface area (Å²) in [6.45, 7) is 0.611. The molecule has 1 heterocycles. The normalized spacial score (nSPS) is 22.7. The van der Waals surface area contributed by atoms with Crippen molar-refractivity contribution in [1.29, 1.82) is 0 Å². The summed E-state index contributed by atoms with van der Waals surface area (Å²) in [6.07, 6.45) is -4.65. The zero-order valence-electron chi connectivity index (χ0n) is 12.4. The van der Waals surface area contributed by atoms with Crippen LogP contribution in [-0.2, 0) is 4.79 Å². The average molecular weight is 330 g/mol. The monoisotopic (exact) mass is 330 g/mol. The highest BCUT2D eigenvalue weighted by molar-refractivity contribution is 5.78. The molecule has 5 nitrogen and oxygen atoms in total. The summed E-state index contributed by atoms with van der Waals surface area (Å²) in [5.74, 6) is -5.22. The zero-order chi connectivity index (χ0) is 17.2. The standard InChI is InChI=1S/C15H17F3N2O3/c1-9(10-5-3-2-4-6-10)19-14(23)20-7-11(13(21)22)12(8-20)15(16,17)18/h2-6,9,11-12H,7-8H2,1H3,(H,19,23)(H,21,22)/t9?,11-,12-/m1/s1. The van der Waals surface area contributed by atoms with Gasteiger partial charge in [-0.25, -0.2) is 4.79 Å². The Balaban J connectivity index is 2.04. The molecule has 1 saturated heterocycles. The molecule has 1 aliphatic rings. The van der Waals surface area contributed by atoms with Crippen molar-refractivity contribution in [3.8, 4) is 0 Å². The molecule has 0 aromatic heterocycles. The van der Waals surface area contributed by atoms with Crippen LogP contribution in [0.5, 0.6) is 0 Å². The van der Waals surface area contributed by atoms with Gasteiger partial charge in [0.15, 0.2) is 0 Å². The number of urea groups is 1. The maximum atomic E-state index is 12.9. The van der Waals surface area contributed by atoms with Gasteiger partial charge in [0.05, 0.1) is 17.9 Å². The molecule has 0 aliphatic carbocycles. The van der Waals surface area contributed by atoms with Crippen LogP contribution in [0.4, 0.5) is 18.0 Å². The van der Waals surface area contributed by atoms with Crippen molar-refractivity contribution in [2.24, 2.45) is 11.8 Å². The molecule has 3 atom stereocenters. The minimum absolute atomic E-state index is 0.392. The van der Waals surface area contributed by atoms with Gasteiger partial charge in [-0.05, 0) is 12.5 Å². The number of carboxylic acid groups (broad SMARTS) is 1. The van der Waals surface area contributed by atoms with E-state index in [1.165, 1.54) is 0 Å². The first kappa shape index (κ1) is 17.1. The summed E-state index contributed by atoms with van der Waals surface area (Å²) >= 11 is 0. The summed E-state index contributed by atoms with van der Waals surface area (Å²) in [6, 6.07) is 7.86. The van der Waals surface area contributed by atoms with Crippen LogP contribution < -0.4 is 5.32 Å². The largest absolute Gasteiger partial charge is 0.481 e. The molecule has 1 fully saturated rings. The van der Waals surface area contributed by atoms with E-state index in [-0.39, 0.29) is 0 Å². The molecule has 8 heteroatoms. The van der Waals surface area contributed by atoms with E-state index in [1.807, 2.05) is 6.07 Å². The number of aliphatic carboxylic acids is 1. The van der Waals surface area contributed by atoms with Gasteiger partial charge in [0.25, 0.3) is 0 Å². The van der Waals surface area contributed by atoms with E-state index in [2.05, 4.69) is 5.32 Å². The first-order valence-corrected chi connectivity index (χ1v) is 7.10. The van der Waals surface area contributed by atoms with Crippen LogP contribution in [0.2, 0.25) is 0 Å². The summed E-state index contributed by atoms with van der Waals surface area (Å²) in [5.41, 5.74) is 0.808. The number of amides is 2. The lowest BCUT2D eigenvalue weighted by molar-refractivity contribution is -0.187. The van der Waals surface area contributed by atoms with Crippen molar-refractivity contribution in [3.05, 3.63) is 35.9 Å². The maximum Gasteiger partial charge on any atom is 0.394 e. The predicted octanol–water partition coefficient (Wildman–Crippen LogP) is 2.65. The second-order valence-electron chi connectivity index (χ2n) is 5.58. The number of rotatable bonds is 3. The smallest absolute Gasteiger partial charge is 0.394 e. The second-order valence-corrected chi connectivity index (χ2v) is 5.58. The van der Waals surface area contributed by atoms with Gasteiger partial charge in [-0.15, -0.1) is 0 Å². The molecule has 0 spiro atoms. The summed E-state index contributed by atoms with van der Waals surface area (Å²) in [7, 11) is 0. The Morgan fingerprint density at radius 3 is 2.35 bits per heavy atom. The molecule has 1 aromatic carbocycles. The molecule has 2 N–H and O–H groups in total. The lowest BCUT2D eigenvalue weighted by Crippen LogP contribution is -2.40. The topological polar surface area (TPSA) is 69.6 Å². The highest BCUT2D eigenvalue weighted by atomic mass is 19.4. The maximum absolute atomic E-state index is 12.9. The molecule has 1 unspecified atom stereocenters. The van der Waals surface area contributed by atoms with Gasteiger partial charge in [0.1, 0.15) is 0 Å². The van der Waals surface area contributed by atoms with Crippen molar-refractivity contribution in [3.63, 3.8) is 0 Å². The zero-order valence-corrected chi connectivity index (χ0v) is 12.4. The number of carboxylic acids is 1. The predicted molar refractivity (Wildman–Crippen MR) is 75.6 cm³/mol. The fourth-order valence-electron chi connectivity index (χ4n) is 2.65. The summed E-state index contributed by atoms with van der Waals surface area (Å²) in [4.78, 5) is 24.0. The van der Waals surface area contributed by atoms with E-state index in [4.69, 9.17) is 5.11 Å². The third-order valence-electron chi connectivity index (χ3n) is 3.98. The first-order valence-electron chi connectivity index (χ1n) is 7.10. The van der Waals surface area contributed by atoms with Crippen LogP contribution in [0.15, 0.2) is 30.3 Å². The van der Waals surface area contributed by atoms with Gasteiger partial charge in [-0.3, -0.25) is 4.79 Å². The fourth-order valence-corrected chi connectivity index (χ4v) is 2.65. The van der Waals surface area contributed by atoms with E-state index >= 15 is 0 Å². The number of carbonyl (C=O) groups excluding carboxylic acids is 1. The van der Waals surface area contributed by atoms with Crippen molar-refractivity contribution >= 4 is 12.0 Å². The Bertz CT molecular complexity index is 577. The average Bonchev–Trinajstić information content (AvgIpc) is 2.93. The van der Waals surface area contributed by atoms with Crippen LogP contribution >= 0.6 is 0 Å². The SMILES string of the molecule is CC(NC(=O)N1C[C@@H](C(F)(F)F)[C@H](C(=O)O)C1)c1ccccc1. The Labute approximate surface area is 131 Å². The molecular weight excluding hydrogens is 313 g/mol. The van der Waals surface area contributed by atoms with E-state index < -0.39 is 49.1 Å². The summed E-state index contributed by atoms with van der Waals surface area (Å²) < 4.78 is 38.7. The molecule has 0 bridgehead atoms. The molecule has 2 amide bonds. The molecule has 0 saturated carbocycles. The molecular formula is C15H17F3N2O3. The van der Waals surface area contributed by atoms with Crippen molar-refractivity contribution in [2.75, 3.05) is 13.1 Å². The van der Waals surface area contributed by atoms with Gasteiger partial charge in [0.2, 0.25) is 0 Å². The molecule has 2 rings (SSSR count). The third-order valence-corrected chi connectivity index (χ3v) is 3.98. The van der Waals surface area contributed by atoms with Gasteiger partial charge in [-0.2, -0.15) is 13.2 Å². The number of alkyl halides is 3. The van der Waals surface area contributed by atoms with Crippen molar-refractivity contribution < 1.29 is 27.9 Å². The van der Waals surface area contributed by atoms with Gasteiger partial charge >= 0.3 is 18.2 Å². The Kier molecular flexibility index (Phi) is 4.82. The van der Waals surface area contributed by atoms with E-state index in [9.17, 15) is 22.8 Å². The van der Waals surface area contributed by atoms with Gasteiger partial charge in [0, 0.05) is 13.1 Å². The number of nitrogens with zero attached hydrogens (tertiary/aromatic N) is 1. The number of nitrogens with one attached hydrogen (secondary N) is 1. The van der Waals surface area contributed by atoms with E-state index in [1.54, 1.807) is 31.2 Å². The molecule has 126 valence electrons. The minimum Gasteiger partial charge on any atom is -0.481 e. The minimum atomic E-state index is -4.65. The highest BCUT2D eigenvalue weighted by Gasteiger charge is 2.53. The molecule has 0 radical (unpaired) electrons. The second kappa shape index (κ2) is 6.47. The van der Waals surface area contributed by atoms with Crippen LogP contribution in [0, 0.1) is 11.8 Å². The van der Waals surface area contributed by atoms with Crippen LogP contribution in [0.25, 0.3) is 0 Å². The van der Waals surface area contributed by atoms with Crippen molar-refractivity contribution in [1.82, 2.24) is 10.2 Å². The first-order chi connectivity index (χ1) is 10.7. The summed E-state index contributed by atoms with van der Waals surface area (Å²) in [5, 5.41) is 11.5. The lowest BCUT2D eigenvalue weighted by Gasteiger charge is -2.21. The lowest BCUT2D eigenvalue weighted by atomic mass is 9.96. The number of hydrogen-bond acceptors (Lipinski definition) is 2. The van der Waals surface area contributed by atoms with Crippen molar-refractivity contribution in [2.45, 2.75) is 19.1 Å². The molecule has 1 aliphatic heterocycles. The molecule has 23 heavy (non-hydrogen) atoms. The van der Waals surface area contributed by atoms with Crippen LogP contribution in [-0.4, -0.2) is 41.3 Å². The molecule has 1 aromatic rings. The van der Waals surface area contributed by atoms with E-state index in [0.29, 0.717) is 0 Å². The highest BCUT2D eigenvalue weighted by Crippen LogP contribution is 2.37. The fraction of sp³-hybridized carbons (Fsp3) is 0.467. The van der Waals surface area contributed by atoms with Gasteiger partial charge < -0.3 is 15.3 Å². The number of benzene rings is 1. The number of hydrogen-bond donors (Lipinski definition) is 2. The van der Waals surface area contributed by atoms with Gasteiger partial charge in [-0.1, -0.05) is 30.3 Å².